The van der Waals surface area contributed by atoms with Crippen molar-refractivity contribution < 1.29 is 18.0 Å². The van der Waals surface area contributed by atoms with Gasteiger partial charge in [-0.05, 0) is 80.3 Å². The topological polar surface area (TPSA) is 95.6 Å². The van der Waals surface area contributed by atoms with E-state index >= 15 is 0 Å². The molecule has 188 valence electrons. The number of anilines is 1. The van der Waals surface area contributed by atoms with Gasteiger partial charge >= 0.3 is 0 Å². The number of aryl methyl sites for hydroxylation is 1. The Morgan fingerprint density at radius 2 is 1.63 bits per heavy atom. The molecule has 0 aromatic heterocycles. The summed E-state index contributed by atoms with van der Waals surface area (Å²) in [5.41, 5.74) is 3.91. The number of piperidine rings is 1. The standard InChI is InChI=1S/C27H35N3O4S/c1-18(2)27(32)30-16-14-20(15-17-30)29-35(33,34)25-13-12-24(22-10-6-7-11-23(22)25)28-26(31)21-9-5-4-8-19(21)3/h4-5,8-9,12-13,18,20,29H,6-7,10-11,14-17H2,1-3H3,(H,28,31). The van der Waals surface area contributed by atoms with Gasteiger partial charge in [0, 0.05) is 36.3 Å². The fourth-order valence-corrected chi connectivity index (χ4v) is 6.68. The number of fused-ring (bicyclic) bond motifs is 1. The molecule has 0 saturated carbocycles. The molecule has 2 aromatic rings. The molecule has 7 nitrogen and oxygen atoms in total. The van der Waals surface area contributed by atoms with Crippen molar-refractivity contribution in [3.8, 4) is 0 Å². The number of nitrogens with one attached hydrogen (secondary N) is 2. The number of rotatable bonds is 6. The minimum Gasteiger partial charge on any atom is -0.342 e. The number of hydrogen-bond donors (Lipinski definition) is 2. The minimum absolute atomic E-state index is 0.0559. The predicted octanol–water partition coefficient (Wildman–Crippen LogP) is 4.05. The zero-order valence-corrected chi connectivity index (χ0v) is 21.6. The van der Waals surface area contributed by atoms with Crippen LogP contribution in [0.1, 0.15) is 66.6 Å². The number of benzene rings is 2. The van der Waals surface area contributed by atoms with Crippen molar-refractivity contribution >= 4 is 27.5 Å². The van der Waals surface area contributed by atoms with E-state index in [0.29, 0.717) is 48.5 Å². The zero-order valence-electron chi connectivity index (χ0n) is 20.8. The van der Waals surface area contributed by atoms with Crippen LogP contribution >= 0.6 is 0 Å². The number of likely N-dealkylation sites (tertiary alicyclic amines) is 1. The second kappa shape index (κ2) is 10.5. The highest BCUT2D eigenvalue weighted by molar-refractivity contribution is 7.89. The van der Waals surface area contributed by atoms with Crippen LogP contribution in [-0.2, 0) is 27.7 Å². The maximum absolute atomic E-state index is 13.4. The normalized spacial score (nSPS) is 16.7. The molecule has 1 fully saturated rings. The summed E-state index contributed by atoms with van der Waals surface area (Å²) < 4.78 is 29.7. The van der Waals surface area contributed by atoms with Gasteiger partial charge in [0.2, 0.25) is 15.9 Å². The van der Waals surface area contributed by atoms with Crippen LogP contribution in [0.4, 0.5) is 5.69 Å². The Hall–Kier alpha value is -2.71. The number of hydrogen-bond acceptors (Lipinski definition) is 4. The van der Waals surface area contributed by atoms with Crippen LogP contribution in [0.15, 0.2) is 41.3 Å². The van der Waals surface area contributed by atoms with Gasteiger partial charge in [-0.1, -0.05) is 32.0 Å². The predicted molar refractivity (Wildman–Crippen MR) is 137 cm³/mol. The van der Waals surface area contributed by atoms with E-state index in [-0.39, 0.29) is 23.8 Å². The van der Waals surface area contributed by atoms with Crippen LogP contribution in [0.25, 0.3) is 0 Å². The lowest BCUT2D eigenvalue weighted by molar-refractivity contribution is -0.135. The largest absolute Gasteiger partial charge is 0.342 e. The van der Waals surface area contributed by atoms with Crippen LogP contribution in [0, 0.1) is 12.8 Å². The lowest BCUT2D eigenvalue weighted by Crippen LogP contribution is -2.47. The lowest BCUT2D eigenvalue weighted by Gasteiger charge is -2.33. The molecule has 0 unspecified atom stereocenters. The molecule has 4 rings (SSSR count). The molecule has 0 spiro atoms. The summed E-state index contributed by atoms with van der Waals surface area (Å²) in [6, 6.07) is 10.6. The molecule has 2 aliphatic rings. The summed E-state index contributed by atoms with van der Waals surface area (Å²) >= 11 is 0. The Kier molecular flexibility index (Phi) is 7.62. The molecule has 0 radical (unpaired) electrons. The third kappa shape index (κ3) is 5.59. The first-order valence-electron chi connectivity index (χ1n) is 12.5. The Bertz CT molecular complexity index is 1210. The first kappa shape index (κ1) is 25.4. The summed E-state index contributed by atoms with van der Waals surface area (Å²) in [7, 11) is -3.73. The van der Waals surface area contributed by atoms with Crippen molar-refractivity contribution in [2.45, 2.75) is 70.2 Å². The van der Waals surface area contributed by atoms with Gasteiger partial charge in [0.15, 0.2) is 0 Å². The molecule has 1 aliphatic carbocycles. The third-order valence-electron chi connectivity index (χ3n) is 7.04. The van der Waals surface area contributed by atoms with Crippen LogP contribution in [0.3, 0.4) is 0 Å². The molecule has 2 amide bonds. The number of amides is 2. The Morgan fingerprint density at radius 1 is 0.971 bits per heavy atom. The number of carbonyl (C=O) groups is 2. The van der Waals surface area contributed by atoms with Crippen LogP contribution in [-0.4, -0.2) is 44.3 Å². The average Bonchev–Trinajstić information content (AvgIpc) is 2.84. The minimum atomic E-state index is -3.73. The van der Waals surface area contributed by atoms with E-state index in [1.54, 1.807) is 18.2 Å². The summed E-state index contributed by atoms with van der Waals surface area (Å²) in [6.45, 7) is 6.79. The number of carbonyl (C=O) groups excluding carboxylic acids is 2. The molecule has 2 aromatic carbocycles. The number of nitrogens with zero attached hydrogens (tertiary/aromatic N) is 1. The maximum atomic E-state index is 13.4. The summed E-state index contributed by atoms with van der Waals surface area (Å²) in [5, 5.41) is 3.02. The van der Waals surface area contributed by atoms with Gasteiger partial charge in [-0.2, -0.15) is 0 Å². The fourth-order valence-electron chi connectivity index (χ4n) is 5.09. The molecule has 0 bridgehead atoms. The highest BCUT2D eigenvalue weighted by Crippen LogP contribution is 2.34. The van der Waals surface area contributed by atoms with Crippen molar-refractivity contribution in [2.24, 2.45) is 5.92 Å². The molecule has 1 heterocycles. The van der Waals surface area contributed by atoms with E-state index in [4.69, 9.17) is 0 Å². The molecule has 35 heavy (non-hydrogen) atoms. The Morgan fingerprint density at radius 3 is 2.29 bits per heavy atom. The van der Waals surface area contributed by atoms with E-state index in [0.717, 1.165) is 36.0 Å². The van der Waals surface area contributed by atoms with E-state index in [1.807, 2.05) is 43.9 Å². The van der Waals surface area contributed by atoms with Crippen LogP contribution in [0.2, 0.25) is 0 Å². The summed E-state index contributed by atoms with van der Waals surface area (Å²) in [5.74, 6) is -0.129. The first-order chi connectivity index (χ1) is 16.7. The molecular weight excluding hydrogens is 462 g/mol. The van der Waals surface area contributed by atoms with E-state index in [1.165, 1.54) is 0 Å². The van der Waals surface area contributed by atoms with E-state index in [2.05, 4.69) is 10.0 Å². The van der Waals surface area contributed by atoms with Gasteiger partial charge in [0.25, 0.3) is 5.91 Å². The number of sulfonamides is 1. The zero-order chi connectivity index (χ0) is 25.2. The second-order valence-corrected chi connectivity index (χ2v) is 11.6. The molecule has 0 atom stereocenters. The fraction of sp³-hybridized carbons (Fsp3) is 0.481. The van der Waals surface area contributed by atoms with Gasteiger partial charge in [-0.15, -0.1) is 0 Å². The Labute approximate surface area is 208 Å². The molecular formula is C27H35N3O4S. The second-order valence-electron chi connectivity index (χ2n) is 9.92. The lowest BCUT2D eigenvalue weighted by atomic mass is 9.90. The molecule has 8 heteroatoms. The van der Waals surface area contributed by atoms with Crippen molar-refractivity contribution in [1.82, 2.24) is 9.62 Å². The highest BCUT2D eigenvalue weighted by Gasteiger charge is 2.30. The van der Waals surface area contributed by atoms with E-state index < -0.39 is 10.0 Å². The van der Waals surface area contributed by atoms with Gasteiger partial charge in [-0.3, -0.25) is 9.59 Å². The highest BCUT2D eigenvalue weighted by atomic mass is 32.2. The van der Waals surface area contributed by atoms with Crippen molar-refractivity contribution in [3.63, 3.8) is 0 Å². The van der Waals surface area contributed by atoms with E-state index in [9.17, 15) is 18.0 Å². The van der Waals surface area contributed by atoms with Gasteiger partial charge in [-0.25, -0.2) is 13.1 Å². The van der Waals surface area contributed by atoms with Crippen molar-refractivity contribution in [1.29, 1.82) is 0 Å². The smallest absolute Gasteiger partial charge is 0.255 e. The Balaban J connectivity index is 1.53. The van der Waals surface area contributed by atoms with Gasteiger partial charge in [0.05, 0.1) is 4.90 Å². The van der Waals surface area contributed by atoms with Gasteiger partial charge < -0.3 is 10.2 Å². The quantitative estimate of drug-likeness (QED) is 0.629. The van der Waals surface area contributed by atoms with Crippen molar-refractivity contribution in [3.05, 3.63) is 58.7 Å². The van der Waals surface area contributed by atoms with Crippen molar-refractivity contribution in [2.75, 3.05) is 18.4 Å². The summed E-state index contributed by atoms with van der Waals surface area (Å²) in [6.07, 6.45) is 4.48. The monoisotopic (exact) mass is 497 g/mol. The summed E-state index contributed by atoms with van der Waals surface area (Å²) in [4.78, 5) is 27.3. The van der Waals surface area contributed by atoms with Gasteiger partial charge in [0.1, 0.15) is 0 Å². The maximum Gasteiger partial charge on any atom is 0.255 e. The molecule has 1 saturated heterocycles. The average molecular weight is 498 g/mol. The third-order valence-corrected chi connectivity index (χ3v) is 8.65. The SMILES string of the molecule is Cc1ccccc1C(=O)Nc1ccc(S(=O)(=O)NC2CCN(C(=O)C(C)C)CC2)c2c1CCCC2. The molecule has 2 N–H and O–H groups in total. The first-order valence-corrected chi connectivity index (χ1v) is 14.0. The van der Waals surface area contributed by atoms with Crippen LogP contribution < -0.4 is 10.0 Å². The molecule has 1 aliphatic heterocycles. The van der Waals surface area contributed by atoms with Crippen LogP contribution in [0.5, 0.6) is 0 Å².